The quantitative estimate of drug-likeness (QED) is 0.631. The Kier molecular flexibility index (Phi) is 7.20. The van der Waals surface area contributed by atoms with E-state index in [0.29, 0.717) is 24.0 Å². The molecule has 0 aliphatic carbocycles. The van der Waals surface area contributed by atoms with Crippen LogP contribution in [-0.4, -0.2) is 26.4 Å². The highest BCUT2D eigenvalue weighted by atomic mass is 16.5. The van der Waals surface area contributed by atoms with Gasteiger partial charge >= 0.3 is 0 Å². The molecule has 2 atom stereocenters. The highest BCUT2D eigenvalue weighted by Crippen LogP contribution is 2.18. The van der Waals surface area contributed by atoms with Gasteiger partial charge in [0.1, 0.15) is 0 Å². The molecule has 0 spiro atoms. The normalized spacial score (nSPS) is 16.3. The van der Waals surface area contributed by atoms with Crippen LogP contribution in [0.25, 0.3) is 0 Å². The third-order valence-electron chi connectivity index (χ3n) is 2.83. The van der Waals surface area contributed by atoms with Crippen molar-refractivity contribution >= 4 is 0 Å². The first kappa shape index (κ1) is 13.9. The van der Waals surface area contributed by atoms with Crippen molar-refractivity contribution in [3.8, 4) is 0 Å². The van der Waals surface area contributed by atoms with Crippen LogP contribution in [0.2, 0.25) is 0 Å². The van der Waals surface area contributed by atoms with Crippen LogP contribution in [0.15, 0.2) is 0 Å². The number of hydrogen-bond acceptors (Lipinski definition) is 2. The van der Waals surface area contributed by atoms with Crippen molar-refractivity contribution in [2.45, 2.75) is 52.7 Å². The maximum Gasteiger partial charge on any atom is 0.0595 e. The van der Waals surface area contributed by atoms with E-state index in [0.717, 1.165) is 12.8 Å². The molecule has 0 heterocycles. The summed E-state index contributed by atoms with van der Waals surface area (Å²) < 4.78 is 10.9. The van der Waals surface area contributed by atoms with Crippen LogP contribution in [0.5, 0.6) is 0 Å². The summed E-state index contributed by atoms with van der Waals surface area (Å²) in [5.74, 6) is 1.18. The van der Waals surface area contributed by atoms with E-state index in [1.807, 2.05) is 0 Å². The summed E-state index contributed by atoms with van der Waals surface area (Å²) in [6.45, 7) is 8.80. The predicted octanol–water partition coefficient (Wildman–Crippen LogP) is 3.11. The number of methoxy groups -OCH3 is 2. The van der Waals surface area contributed by atoms with Gasteiger partial charge in [-0.15, -0.1) is 0 Å². The minimum absolute atomic E-state index is 0.367. The molecule has 0 rings (SSSR count). The van der Waals surface area contributed by atoms with Gasteiger partial charge in [0.25, 0.3) is 0 Å². The third-order valence-corrected chi connectivity index (χ3v) is 2.83. The monoisotopic (exact) mass is 202 g/mol. The molecule has 0 aliphatic heterocycles. The minimum Gasteiger partial charge on any atom is -0.381 e. The maximum atomic E-state index is 5.43. The lowest BCUT2D eigenvalue weighted by Crippen LogP contribution is -2.24. The van der Waals surface area contributed by atoms with Gasteiger partial charge < -0.3 is 9.47 Å². The Balaban J connectivity index is 3.88. The second-order valence-electron chi connectivity index (χ2n) is 4.61. The Bertz CT molecular complexity index is 116. The smallest absolute Gasteiger partial charge is 0.0595 e. The Morgan fingerprint density at radius 3 is 1.14 bits per heavy atom. The molecule has 0 saturated carbocycles. The zero-order valence-electron chi connectivity index (χ0n) is 10.5. The van der Waals surface area contributed by atoms with E-state index in [-0.39, 0.29) is 0 Å². The van der Waals surface area contributed by atoms with Crippen LogP contribution in [0.4, 0.5) is 0 Å². The fraction of sp³-hybridized carbons (Fsp3) is 1.00. The Morgan fingerprint density at radius 2 is 1.00 bits per heavy atom. The Morgan fingerprint density at radius 1 is 0.714 bits per heavy atom. The van der Waals surface area contributed by atoms with Crippen molar-refractivity contribution in [2.75, 3.05) is 14.2 Å². The van der Waals surface area contributed by atoms with Gasteiger partial charge in [0, 0.05) is 14.2 Å². The van der Waals surface area contributed by atoms with Crippen molar-refractivity contribution < 1.29 is 9.47 Å². The summed E-state index contributed by atoms with van der Waals surface area (Å²) in [6.07, 6.45) is 2.91. The lowest BCUT2D eigenvalue weighted by atomic mass is 9.96. The van der Waals surface area contributed by atoms with E-state index in [9.17, 15) is 0 Å². The van der Waals surface area contributed by atoms with Gasteiger partial charge in [-0.05, 0) is 24.7 Å². The second kappa shape index (κ2) is 7.24. The molecule has 86 valence electrons. The van der Waals surface area contributed by atoms with Gasteiger partial charge in [-0.2, -0.15) is 0 Å². The van der Waals surface area contributed by atoms with Crippen LogP contribution in [-0.2, 0) is 9.47 Å². The molecule has 2 heteroatoms. The van der Waals surface area contributed by atoms with Gasteiger partial charge in [-0.3, -0.25) is 0 Å². The van der Waals surface area contributed by atoms with Gasteiger partial charge in [0.15, 0.2) is 0 Å². The van der Waals surface area contributed by atoms with Crippen LogP contribution in [0.1, 0.15) is 40.5 Å². The van der Waals surface area contributed by atoms with E-state index in [1.54, 1.807) is 14.2 Å². The van der Waals surface area contributed by atoms with E-state index >= 15 is 0 Å². The zero-order chi connectivity index (χ0) is 11.1. The number of ether oxygens (including phenoxy) is 2. The van der Waals surface area contributed by atoms with Crippen molar-refractivity contribution in [3.63, 3.8) is 0 Å². The van der Waals surface area contributed by atoms with Crippen molar-refractivity contribution in [2.24, 2.45) is 11.8 Å². The average molecular weight is 202 g/mol. The molecule has 0 aliphatic rings. The molecule has 0 bridgehead atoms. The van der Waals surface area contributed by atoms with E-state index in [4.69, 9.17) is 9.47 Å². The number of hydrogen-bond donors (Lipinski definition) is 0. The summed E-state index contributed by atoms with van der Waals surface area (Å²) in [7, 11) is 3.59. The lowest BCUT2D eigenvalue weighted by Gasteiger charge is -2.24. The summed E-state index contributed by atoms with van der Waals surface area (Å²) in [5.41, 5.74) is 0. The average Bonchev–Trinajstić information content (AvgIpc) is 2.11. The molecule has 0 aromatic rings. The van der Waals surface area contributed by atoms with Crippen molar-refractivity contribution in [1.29, 1.82) is 0 Å². The molecular weight excluding hydrogens is 176 g/mol. The summed E-state index contributed by atoms with van der Waals surface area (Å²) in [5, 5.41) is 0. The fourth-order valence-corrected chi connectivity index (χ4v) is 1.78. The predicted molar refractivity (Wildman–Crippen MR) is 60.5 cm³/mol. The number of rotatable bonds is 7. The summed E-state index contributed by atoms with van der Waals surface area (Å²) in [6, 6.07) is 0. The molecule has 0 aromatic heterocycles. The summed E-state index contributed by atoms with van der Waals surface area (Å²) >= 11 is 0. The lowest BCUT2D eigenvalue weighted by molar-refractivity contribution is 0.0172. The molecule has 0 saturated heterocycles. The topological polar surface area (TPSA) is 18.5 Å². The van der Waals surface area contributed by atoms with Crippen LogP contribution < -0.4 is 0 Å². The molecule has 2 nitrogen and oxygen atoms in total. The second-order valence-corrected chi connectivity index (χ2v) is 4.61. The van der Waals surface area contributed by atoms with Gasteiger partial charge in [-0.1, -0.05) is 27.7 Å². The van der Waals surface area contributed by atoms with Crippen LogP contribution in [0.3, 0.4) is 0 Å². The van der Waals surface area contributed by atoms with Gasteiger partial charge in [-0.25, -0.2) is 0 Å². The standard InChI is InChI=1S/C12H26O2/c1-9(2)11(13-5)7-8-12(14-6)10(3)4/h9-12H,7-8H2,1-6H3. The van der Waals surface area contributed by atoms with E-state index < -0.39 is 0 Å². The Labute approximate surface area is 89.0 Å². The van der Waals surface area contributed by atoms with Crippen LogP contribution in [0, 0.1) is 11.8 Å². The fourth-order valence-electron chi connectivity index (χ4n) is 1.78. The van der Waals surface area contributed by atoms with Crippen LogP contribution >= 0.6 is 0 Å². The SMILES string of the molecule is COC(CCC(OC)C(C)C)C(C)C. The largest absolute Gasteiger partial charge is 0.381 e. The molecule has 0 aromatic carbocycles. The van der Waals surface area contributed by atoms with E-state index in [1.165, 1.54) is 0 Å². The first-order valence-electron chi connectivity index (χ1n) is 5.58. The van der Waals surface area contributed by atoms with Gasteiger partial charge in [0.05, 0.1) is 12.2 Å². The van der Waals surface area contributed by atoms with Crippen molar-refractivity contribution in [3.05, 3.63) is 0 Å². The first-order chi connectivity index (χ1) is 6.52. The molecule has 0 N–H and O–H groups in total. The molecule has 2 unspecified atom stereocenters. The molecular formula is C12H26O2. The third kappa shape index (κ3) is 4.97. The van der Waals surface area contributed by atoms with Crippen molar-refractivity contribution in [1.82, 2.24) is 0 Å². The first-order valence-corrected chi connectivity index (χ1v) is 5.58. The maximum absolute atomic E-state index is 5.43. The van der Waals surface area contributed by atoms with E-state index in [2.05, 4.69) is 27.7 Å². The van der Waals surface area contributed by atoms with Gasteiger partial charge in [0.2, 0.25) is 0 Å². The molecule has 0 fully saturated rings. The highest BCUT2D eigenvalue weighted by Gasteiger charge is 2.17. The molecule has 14 heavy (non-hydrogen) atoms. The molecule has 0 radical (unpaired) electrons. The zero-order valence-corrected chi connectivity index (χ0v) is 10.5. The molecule has 0 amide bonds. The Hall–Kier alpha value is -0.0800. The minimum atomic E-state index is 0.367. The highest BCUT2D eigenvalue weighted by molar-refractivity contribution is 4.68. The summed E-state index contributed by atoms with van der Waals surface area (Å²) in [4.78, 5) is 0.